The van der Waals surface area contributed by atoms with Crippen LogP contribution in [-0.2, 0) is 16.1 Å². The van der Waals surface area contributed by atoms with Crippen LogP contribution in [0, 0.1) is 0 Å². The van der Waals surface area contributed by atoms with Gasteiger partial charge in [-0.2, -0.15) is 0 Å². The molecule has 7 nitrogen and oxygen atoms in total. The number of carbonyl (C=O) groups is 2. The summed E-state index contributed by atoms with van der Waals surface area (Å²) in [6.45, 7) is 0.321. The van der Waals surface area contributed by atoms with Crippen molar-refractivity contribution in [2.24, 2.45) is 0 Å². The number of nitrogens with one attached hydrogen (secondary N) is 1. The molecule has 2 unspecified atom stereocenters. The van der Waals surface area contributed by atoms with Gasteiger partial charge < -0.3 is 24.4 Å². The first-order chi connectivity index (χ1) is 18.1. The van der Waals surface area contributed by atoms with Gasteiger partial charge in [0.05, 0.1) is 7.11 Å². The highest BCUT2D eigenvalue weighted by atomic mass is 32.1. The van der Waals surface area contributed by atoms with Crippen molar-refractivity contribution >= 4 is 23.2 Å². The van der Waals surface area contributed by atoms with E-state index in [1.54, 1.807) is 18.1 Å². The molecule has 0 saturated heterocycles. The molecule has 37 heavy (non-hydrogen) atoms. The van der Waals surface area contributed by atoms with Gasteiger partial charge in [0, 0.05) is 17.5 Å². The molecule has 1 N–H and O–H groups in total. The highest BCUT2D eigenvalue weighted by Crippen LogP contribution is 2.34. The van der Waals surface area contributed by atoms with Crippen LogP contribution in [-0.4, -0.2) is 42.6 Å². The van der Waals surface area contributed by atoms with Gasteiger partial charge in [-0.25, -0.2) is 0 Å². The Bertz CT molecular complexity index is 1190. The highest BCUT2D eigenvalue weighted by molar-refractivity contribution is 7.10. The summed E-state index contributed by atoms with van der Waals surface area (Å²) in [5.74, 6) is 1.41. The number of carbonyl (C=O) groups excluding carboxylic acids is 2. The number of thiophene rings is 1. The van der Waals surface area contributed by atoms with Crippen LogP contribution >= 0.6 is 11.3 Å². The molecule has 1 saturated carbocycles. The zero-order valence-electron chi connectivity index (χ0n) is 20.9. The van der Waals surface area contributed by atoms with Crippen LogP contribution in [0.3, 0.4) is 0 Å². The summed E-state index contributed by atoms with van der Waals surface area (Å²) in [7, 11) is 1.62. The van der Waals surface area contributed by atoms with Crippen LogP contribution in [0.2, 0.25) is 0 Å². The largest absolute Gasteiger partial charge is 0.497 e. The molecule has 1 fully saturated rings. The minimum atomic E-state index is -0.863. The maximum Gasteiger partial charge on any atom is 0.268 e. The zero-order chi connectivity index (χ0) is 25.6. The molecular weight excluding hydrogens is 488 g/mol. The monoisotopic (exact) mass is 520 g/mol. The van der Waals surface area contributed by atoms with E-state index in [1.807, 2.05) is 60.0 Å². The van der Waals surface area contributed by atoms with Crippen molar-refractivity contribution in [3.63, 3.8) is 0 Å². The van der Waals surface area contributed by atoms with Crippen LogP contribution in [0.4, 0.5) is 0 Å². The fourth-order valence-electron chi connectivity index (χ4n) is 4.95. The summed E-state index contributed by atoms with van der Waals surface area (Å²) in [5, 5.41) is 5.18. The third-order valence-electron chi connectivity index (χ3n) is 6.90. The topological polar surface area (TPSA) is 77.1 Å². The lowest BCUT2D eigenvalue weighted by atomic mass is 9.95. The quantitative estimate of drug-likeness (QED) is 0.446. The summed E-state index contributed by atoms with van der Waals surface area (Å²) < 4.78 is 17.2. The lowest BCUT2D eigenvalue weighted by molar-refractivity contribution is -0.149. The molecule has 194 valence electrons. The van der Waals surface area contributed by atoms with Crippen molar-refractivity contribution in [2.45, 2.75) is 56.8 Å². The molecule has 2 atom stereocenters. The van der Waals surface area contributed by atoms with Crippen molar-refractivity contribution in [3.8, 4) is 17.2 Å². The summed E-state index contributed by atoms with van der Waals surface area (Å²) >= 11 is 1.47. The lowest BCUT2D eigenvalue weighted by Gasteiger charge is -2.36. The van der Waals surface area contributed by atoms with Crippen molar-refractivity contribution in [1.82, 2.24) is 10.2 Å². The van der Waals surface area contributed by atoms with E-state index in [-0.39, 0.29) is 31.0 Å². The number of methoxy groups -OCH3 is 1. The second kappa shape index (κ2) is 11.7. The Morgan fingerprint density at radius 3 is 2.49 bits per heavy atom. The molecule has 2 aliphatic rings. The molecule has 1 aromatic heterocycles. The van der Waals surface area contributed by atoms with Crippen molar-refractivity contribution < 1.29 is 23.8 Å². The number of ether oxygens (including phenoxy) is 3. The van der Waals surface area contributed by atoms with E-state index in [9.17, 15) is 9.59 Å². The summed E-state index contributed by atoms with van der Waals surface area (Å²) in [4.78, 5) is 30.4. The second-order valence-electron chi connectivity index (χ2n) is 9.44. The lowest BCUT2D eigenvalue weighted by Crippen LogP contribution is -2.51. The Labute approximate surface area is 221 Å². The van der Waals surface area contributed by atoms with Gasteiger partial charge in [-0.15, -0.1) is 11.3 Å². The Morgan fingerprint density at radius 2 is 1.78 bits per heavy atom. The first-order valence-corrected chi connectivity index (χ1v) is 13.7. The van der Waals surface area contributed by atoms with Crippen molar-refractivity contribution in [2.75, 3.05) is 13.7 Å². The van der Waals surface area contributed by atoms with Crippen LogP contribution < -0.4 is 19.5 Å². The minimum Gasteiger partial charge on any atom is -0.497 e. The van der Waals surface area contributed by atoms with Gasteiger partial charge in [-0.1, -0.05) is 49.6 Å². The Balaban J connectivity index is 1.46. The van der Waals surface area contributed by atoms with Gasteiger partial charge in [-0.05, 0) is 54.1 Å². The molecule has 0 spiro atoms. The first kappa shape index (κ1) is 25.1. The van der Waals surface area contributed by atoms with Gasteiger partial charge in [0.2, 0.25) is 12.0 Å². The number of fused-ring (bicyclic) bond motifs is 1. The number of hydrogen-bond acceptors (Lipinski definition) is 6. The SMILES string of the molecule is COc1ccc(CN(C(=O)C2COc3ccccc3O2)C(C(=O)NC2CCCCC2)c2cccs2)cc1. The average Bonchev–Trinajstić information content (AvgIpc) is 3.47. The molecule has 2 heterocycles. The minimum absolute atomic E-state index is 0.0797. The fourth-order valence-corrected chi connectivity index (χ4v) is 5.78. The van der Waals surface area contributed by atoms with Gasteiger partial charge in [0.25, 0.3) is 5.91 Å². The molecule has 1 aliphatic carbocycles. The van der Waals surface area contributed by atoms with E-state index < -0.39 is 12.1 Å². The maximum absolute atomic E-state index is 14.1. The van der Waals surface area contributed by atoms with Crippen LogP contribution in [0.5, 0.6) is 17.2 Å². The van der Waals surface area contributed by atoms with E-state index >= 15 is 0 Å². The van der Waals surface area contributed by atoms with Gasteiger partial charge in [-0.3, -0.25) is 9.59 Å². The molecule has 8 heteroatoms. The summed E-state index contributed by atoms with van der Waals surface area (Å²) in [6.07, 6.45) is 4.48. The molecular formula is C29H32N2O5S. The Kier molecular flexibility index (Phi) is 7.94. The predicted octanol–water partition coefficient (Wildman–Crippen LogP) is 5.12. The third kappa shape index (κ3) is 5.91. The molecule has 2 aromatic carbocycles. The molecule has 2 amide bonds. The normalized spacial score (nSPS) is 18.0. The number of rotatable bonds is 8. The number of para-hydroxylation sites is 2. The van der Waals surface area contributed by atoms with E-state index in [2.05, 4.69) is 5.32 Å². The maximum atomic E-state index is 14.1. The molecule has 3 aromatic rings. The highest BCUT2D eigenvalue weighted by Gasteiger charge is 2.39. The standard InChI is InChI=1S/C29H32N2O5S/c1-34-22-15-13-20(14-16-22)18-31(29(33)25-19-35-23-10-5-6-11-24(23)36-25)27(26-12-7-17-37-26)28(32)30-21-8-3-2-4-9-21/h5-7,10-17,21,25,27H,2-4,8-9,18-19H2,1H3,(H,30,32). The third-order valence-corrected chi connectivity index (χ3v) is 7.83. The van der Waals surface area contributed by atoms with Crippen molar-refractivity contribution in [1.29, 1.82) is 0 Å². The number of hydrogen-bond donors (Lipinski definition) is 1. The van der Waals surface area contributed by atoms with E-state index in [0.29, 0.717) is 11.5 Å². The number of nitrogens with zero attached hydrogens (tertiary/aromatic N) is 1. The van der Waals surface area contributed by atoms with Gasteiger partial charge in [0.1, 0.15) is 18.4 Å². The first-order valence-electron chi connectivity index (χ1n) is 12.8. The van der Waals surface area contributed by atoms with Crippen LogP contribution in [0.15, 0.2) is 66.0 Å². The van der Waals surface area contributed by atoms with E-state index in [1.165, 1.54) is 17.8 Å². The van der Waals surface area contributed by atoms with Crippen LogP contribution in [0.1, 0.15) is 48.6 Å². The smallest absolute Gasteiger partial charge is 0.268 e. The fraction of sp³-hybridized carbons (Fsp3) is 0.379. The zero-order valence-corrected chi connectivity index (χ0v) is 21.7. The number of amides is 2. The Hall–Kier alpha value is -3.52. The Morgan fingerprint density at radius 1 is 1.03 bits per heavy atom. The number of benzene rings is 2. The summed E-state index contributed by atoms with van der Waals surface area (Å²) in [5.41, 5.74) is 0.887. The molecule has 5 rings (SSSR count). The van der Waals surface area contributed by atoms with Crippen LogP contribution in [0.25, 0.3) is 0 Å². The second-order valence-corrected chi connectivity index (χ2v) is 10.4. The van der Waals surface area contributed by atoms with Crippen molar-refractivity contribution in [3.05, 3.63) is 76.5 Å². The summed E-state index contributed by atoms with van der Waals surface area (Å²) in [6, 6.07) is 18.0. The molecule has 0 radical (unpaired) electrons. The average molecular weight is 521 g/mol. The molecule has 0 bridgehead atoms. The van der Waals surface area contributed by atoms with Gasteiger partial charge >= 0.3 is 0 Å². The molecule has 1 aliphatic heterocycles. The van der Waals surface area contributed by atoms with E-state index in [0.717, 1.165) is 41.9 Å². The van der Waals surface area contributed by atoms with Gasteiger partial charge in [0.15, 0.2) is 11.5 Å². The predicted molar refractivity (Wildman–Crippen MR) is 142 cm³/mol. The van der Waals surface area contributed by atoms with E-state index in [4.69, 9.17) is 14.2 Å².